The van der Waals surface area contributed by atoms with E-state index >= 15 is 0 Å². The van der Waals surface area contributed by atoms with Crippen molar-refractivity contribution in [2.24, 2.45) is 11.7 Å². The second-order valence-electron chi connectivity index (χ2n) is 3.74. The Bertz CT molecular complexity index is 149. The fraction of sp³-hybridized carbons (Fsp3) is 1.00. The monoisotopic (exact) mass is 219 g/mol. The molecule has 0 aromatic heterocycles. The predicted octanol–water partition coefficient (Wildman–Crippen LogP) is 0.452. The molecule has 2 N–H and O–H groups in total. The second-order valence-corrected chi connectivity index (χ2v) is 5.14. The van der Waals surface area contributed by atoms with Crippen LogP contribution < -0.4 is 5.73 Å². The lowest BCUT2D eigenvalue weighted by atomic mass is 9.99. The standard InChI is InChI=1S/C10H25NO2Si/c1-5-9(11)8(4)10(14,12-6-2)13-7-3/h8-9H,5-7,11H2,1-4,14H3. The van der Waals surface area contributed by atoms with Gasteiger partial charge in [0.05, 0.1) is 10.2 Å². The minimum Gasteiger partial charge on any atom is -0.355 e. The summed E-state index contributed by atoms with van der Waals surface area (Å²) < 4.78 is 11.4. The van der Waals surface area contributed by atoms with Gasteiger partial charge in [-0.15, -0.1) is 0 Å². The van der Waals surface area contributed by atoms with Gasteiger partial charge in [0.1, 0.15) is 5.41 Å². The summed E-state index contributed by atoms with van der Waals surface area (Å²) >= 11 is 0. The Labute approximate surface area is 90.8 Å². The highest BCUT2D eigenvalue weighted by molar-refractivity contribution is 6.13. The van der Waals surface area contributed by atoms with Gasteiger partial charge in [-0.2, -0.15) is 0 Å². The molecule has 2 atom stereocenters. The summed E-state index contributed by atoms with van der Waals surface area (Å²) in [7, 11) is 0.850. The maximum atomic E-state index is 6.03. The first-order valence-corrected chi connectivity index (χ1v) is 6.55. The molecule has 0 aromatic rings. The van der Waals surface area contributed by atoms with Gasteiger partial charge in [-0.05, 0) is 20.3 Å². The number of ether oxygens (including phenoxy) is 2. The van der Waals surface area contributed by atoms with E-state index in [1.165, 1.54) is 0 Å². The molecule has 0 heterocycles. The largest absolute Gasteiger partial charge is 0.355 e. The van der Waals surface area contributed by atoms with Crippen LogP contribution in [-0.4, -0.2) is 34.9 Å². The zero-order chi connectivity index (χ0) is 11.2. The Morgan fingerprint density at radius 1 is 1.21 bits per heavy atom. The van der Waals surface area contributed by atoms with Crippen molar-refractivity contribution >= 4 is 10.2 Å². The Balaban J connectivity index is 4.44. The lowest BCUT2D eigenvalue weighted by Crippen LogP contribution is -2.50. The van der Waals surface area contributed by atoms with Crippen LogP contribution in [0.3, 0.4) is 0 Å². The average Bonchev–Trinajstić information content (AvgIpc) is 2.16. The normalized spacial score (nSPS) is 16.9. The molecule has 0 aliphatic heterocycles. The van der Waals surface area contributed by atoms with Crippen LogP contribution in [0.25, 0.3) is 0 Å². The van der Waals surface area contributed by atoms with Crippen LogP contribution in [0.2, 0.25) is 0 Å². The van der Waals surface area contributed by atoms with E-state index in [2.05, 4.69) is 13.8 Å². The van der Waals surface area contributed by atoms with E-state index in [0.29, 0.717) is 13.2 Å². The first-order chi connectivity index (χ1) is 6.51. The molecule has 0 fully saturated rings. The van der Waals surface area contributed by atoms with Gasteiger partial charge in [0.2, 0.25) is 0 Å². The molecule has 0 saturated carbocycles. The van der Waals surface area contributed by atoms with E-state index in [1.54, 1.807) is 0 Å². The van der Waals surface area contributed by atoms with Gasteiger partial charge in [0.25, 0.3) is 0 Å². The van der Waals surface area contributed by atoms with E-state index in [4.69, 9.17) is 15.2 Å². The van der Waals surface area contributed by atoms with Gasteiger partial charge in [-0.3, -0.25) is 0 Å². The molecule has 0 spiro atoms. The average molecular weight is 219 g/mol. The smallest absolute Gasteiger partial charge is 0.145 e. The Kier molecular flexibility index (Phi) is 6.60. The number of rotatable bonds is 7. The molecule has 0 rings (SSSR count). The molecular weight excluding hydrogens is 194 g/mol. The Morgan fingerprint density at radius 2 is 1.64 bits per heavy atom. The van der Waals surface area contributed by atoms with E-state index in [-0.39, 0.29) is 12.0 Å². The lowest BCUT2D eigenvalue weighted by Gasteiger charge is -2.38. The minimum atomic E-state index is -0.404. The summed E-state index contributed by atoms with van der Waals surface area (Å²) in [6, 6.07) is 0.158. The molecule has 86 valence electrons. The number of nitrogens with two attached hydrogens (primary N) is 1. The molecule has 0 amide bonds. The van der Waals surface area contributed by atoms with E-state index in [1.807, 2.05) is 13.8 Å². The summed E-state index contributed by atoms with van der Waals surface area (Å²) in [5, 5.41) is 0. The SMILES string of the molecule is CCOC([SiH3])(OCC)C(C)C(N)CC. The lowest BCUT2D eigenvalue weighted by molar-refractivity contribution is -0.204. The molecule has 2 unspecified atom stereocenters. The van der Waals surface area contributed by atoms with Crippen LogP contribution in [-0.2, 0) is 9.47 Å². The van der Waals surface area contributed by atoms with Gasteiger partial charge >= 0.3 is 0 Å². The van der Waals surface area contributed by atoms with E-state index < -0.39 is 5.41 Å². The van der Waals surface area contributed by atoms with Crippen LogP contribution >= 0.6 is 0 Å². The summed E-state index contributed by atoms with van der Waals surface area (Å²) in [6.45, 7) is 9.58. The van der Waals surface area contributed by atoms with Gasteiger partial charge in [-0.25, -0.2) is 0 Å². The van der Waals surface area contributed by atoms with Crippen LogP contribution in [0.5, 0.6) is 0 Å². The first-order valence-electron chi connectivity index (χ1n) is 5.55. The predicted molar refractivity (Wildman–Crippen MR) is 63.4 cm³/mol. The topological polar surface area (TPSA) is 44.5 Å². The van der Waals surface area contributed by atoms with Crippen LogP contribution in [0, 0.1) is 5.92 Å². The molecule has 14 heavy (non-hydrogen) atoms. The quantitative estimate of drug-likeness (QED) is 0.499. The summed E-state index contributed by atoms with van der Waals surface area (Å²) in [5.41, 5.74) is 5.62. The fourth-order valence-electron chi connectivity index (χ4n) is 1.62. The summed E-state index contributed by atoms with van der Waals surface area (Å²) in [5.74, 6) is 0.263. The second kappa shape index (κ2) is 6.56. The van der Waals surface area contributed by atoms with E-state index in [9.17, 15) is 0 Å². The van der Waals surface area contributed by atoms with Crippen LogP contribution in [0.15, 0.2) is 0 Å². The van der Waals surface area contributed by atoms with Crippen LogP contribution in [0.4, 0.5) is 0 Å². The number of hydrogen-bond acceptors (Lipinski definition) is 3. The van der Waals surface area contributed by atoms with Crippen molar-refractivity contribution in [3.05, 3.63) is 0 Å². The van der Waals surface area contributed by atoms with Gasteiger partial charge in [0, 0.05) is 25.2 Å². The van der Waals surface area contributed by atoms with Crippen molar-refractivity contribution in [1.29, 1.82) is 0 Å². The number of hydrogen-bond donors (Lipinski definition) is 1. The third-order valence-electron chi connectivity index (χ3n) is 2.80. The highest BCUT2D eigenvalue weighted by Crippen LogP contribution is 2.23. The fourth-order valence-corrected chi connectivity index (χ4v) is 2.63. The molecule has 0 aliphatic carbocycles. The summed E-state index contributed by atoms with van der Waals surface area (Å²) in [6.07, 6.45) is 0.964. The van der Waals surface area contributed by atoms with Crippen molar-refractivity contribution in [2.75, 3.05) is 13.2 Å². The molecule has 0 saturated heterocycles. The van der Waals surface area contributed by atoms with Crippen molar-refractivity contribution in [2.45, 2.75) is 45.6 Å². The zero-order valence-electron chi connectivity index (χ0n) is 10.2. The molecule has 4 heteroatoms. The molecular formula is C10H25NO2Si. The third kappa shape index (κ3) is 3.69. The third-order valence-corrected chi connectivity index (χ3v) is 4.29. The van der Waals surface area contributed by atoms with Crippen LogP contribution in [0.1, 0.15) is 34.1 Å². The minimum absolute atomic E-state index is 0.158. The van der Waals surface area contributed by atoms with Crippen molar-refractivity contribution in [3.63, 3.8) is 0 Å². The van der Waals surface area contributed by atoms with Crippen molar-refractivity contribution in [1.82, 2.24) is 0 Å². The molecule has 0 aliphatic rings. The molecule has 3 nitrogen and oxygen atoms in total. The maximum Gasteiger partial charge on any atom is 0.145 e. The molecule has 0 radical (unpaired) electrons. The Hall–Kier alpha value is 0.0969. The maximum absolute atomic E-state index is 6.03. The van der Waals surface area contributed by atoms with Crippen molar-refractivity contribution < 1.29 is 9.47 Å². The highest BCUT2D eigenvalue weighted by Gasteiger charge is 2.35. The van der Waals surface area contributed by atoms with Gasteiger partial charge < -0.3 is 15.2 Å². The van der Waals surface area contributed by atoms with E-state index in [0.717, 1.165) is 16.7 Å². The van der Waals surface area contributed by atoms with Gasteiger partial charge in [0.15, 0.2) is 0 Å². The first kappa shape index (κ1) is 14.1. The highest BCUT2D eigenvalue weighted by atomic mass is 28.1. The molecule has 0 bridgehead atoms. The zero-order valence-corrected chi connectivity index (χ0v) is 12.2. The van der Waals surface area contributed by atoms with Gasteiger partial charge in [-0.1, -0.05) is 13.8 Å². The molecule has 0 aromatic carbocycles. The summed E-state index contributed by atoms with van der Waals surface area (Å²) in [4.78, 5) is 0. The Morgan fingerprint density at radius 3 is 1.93 bits per heavy atom. The van der Waals surface area contributed by atoms with Crippen molar-refractivity contribution in [3.8, 4) is 0 Å².